The van der Waals surface area contributed by atoms with Gasteiger partial charge in [-0.2, -0.15) is 0 Å². The van der Waals surface area contributed by atoms with E-state index in [1.165, 1.54) is 16.7 Å². The van der Waals surface area contributed by atoms with E-state index >= 15 is 0 Å². The van der Waals surface area contributed by atoms with Crippen LogP contribution in [0.25, 0.3) is 0 Å². The zero-order chi connectivity index (χ0) is 11.9. The van der Waals surface area contributed by atoms with Crippen LogP contribution in [0.2, 0.25) is 6.75 Å². The minimum absolute atomic E-state index is 0.438. The Kier molecular flexibility index (Phi) is 3.28. The first-order valence-electron chi connectivity index (χ1n) is 5.94. The van der Waals surface area contributed by atoms with Gasteiger partial charge in [-0.1, -0.05) is 0 Å². The first kappa shape index (κ1) is 12.3. The van der Waals surface area contributed by atoms with E-state index in [0.29, 0.717) is 3.12 Å². The Morgan fingerprint density at radius 2 is 1.88 bits per heavy atom. The molecule has 0 aromatic rings. The van der Waals surface area contributed by atoms with Gasteiger partial charge in [-0.15, -0.1) is 0 Å². The topological polar surface area (TPSA) is 0 Å². The van der Waals surface area contributed by atoms with Crippen molar-refractivity contribution in [1.29, 1.82) is 0 Å². The van der Waals surface area contributed by atoms with E-state index in [9.17, 15) is 0 Å². The van der Waals surface area contributed by atoms with Crippen LogP contribution in [0.1, 0.15) is 34.6 Å². The average Bonchev–Trinajstić information content (AvgIpc) is 2.67. The molecule has 0 saturated carbocycles. The molecule has 0 fully saturated rings. The molecule has 0 nitrogen and oxygen atoms in total. The van der Waals surface area contributed by atoms with Crippen LogP contribution < -0.4 is 0 Å². The van der Waals surface area contributed by atoms with Crippen molar-refractivity contribution in [1.82, 2.24) is 0 Å². The number of hydrogen-bond acceptors (Lipinski definition) is 0. The van der Waals surface area contributed by atoms with E-state index in [-0.39, 0.29) is 0 Å². The normalized spacial score (nSPS) is 33.2. The Morgan fingerprint density at radius 1 is 1.19 bits per heavy atom. The van der Waals surface area contributed by atoms with E-state index < -0.39 is 23.2 Å². The van der Waals surface area contributed by atoms with Crippen molar-refractivity contribution in [2.24, 2.45) is 0 Å². The third-order valence-corrected chi connectivity index (χ3v) is 8.37. The average molecular weight is 292 g/mol. The van der Waals surface area contributed by atoms with Crippen LogP contribution >= 0.6 is 0 Å². The van der Waals surface area contributed by atoms with Crippen LogP contribution in [0.4, 0.5) is 0 Å². The maximum absolute atomic E-state index is 2.53. The van der Waals surface area contributed by atoms with Crippen molar-refractivity contribution in [3.8, 4) is 0 Å². The molecular weight excluding hydrogens is 271 g/mol. The quantitative estimate of drug-likeness (QED) is 0.682. The molecule has 0 bridgehead atoms. The molecule has 0 heterocycles. The fraction of sp³-hybridized carbons (Fsp3) is 0.467. The first-order valence-corrected chi connectivity index (χ1v) is 8.59. The van der Waals surface area contributed by atoms with Crippen molar-refractivity contribution in [3.63, 3.8) is 0 Å². The van der Waals surface area contributed by atoms with E-state index in [1.807, 2.05) is 0 Å². The second kappa shape index (κ2) is 4.26. The Labute approximate surface area is 111 Å². The van der Waals surface area contributed by atoms with Crippen LogP contribution in [0.3, 0.4) is 0 Å². The standard InChI is InChI=1S/C9H13.C6H7.Zr/c1-6-5-7(2)9(4)8(6)3;1-6-4-2-3-5-6;/h5H,1-4H3;2-5H,1H3;. The van der Waals surface area contributed by atoms with Gasteiger partial charge in [0.25, 0.3) is 0 Å². The second-order valence-electron chi connectivity index (χ2n) is 5.22. The van der Waals surface area contributed by atoms with Crippen molar-refractivity contribution < 1.29 is 23.2 Å². The summed E-state index contributed by atoms with van der Waals surface area (Å²) in [5.41, 5.74) is 6.11. The summed E-state index contributed by atoms with van der Waals surface area (Å²) in [5, 5.41) is 0. The van der Waals surface area contributed by atoms with Gasteiger partial charge in [0.2, 0.25) is 0 Å². The first-order chi connectivity index (χ1) is 7.42. The van der Waals surface area contributed by atoms with Gasteiger partial charge < -0.3 is 0 Å². The van der Waals surface area contributed by atoms with E-state index in [1.54, 1.807) is 5.57 Å². The predicted molar refractivity (Wildman–Crippen MR) is 67.1 cm³/mol. The summed E-state index contributed by atoms with van der Waals surface area (Å²) >= 11 is -0.482. The zero-order valence-corrected chi connectivity index (χ0v) is 13.3. The molecule has 0 radical (unpaired) electrons. The van der Waals surface area contributed by atoms with Gasteiger partial charge in [0.05, 0.1) is 0 Å². The molecule has 84 valence electrons. The van der Waals surface area contributed by atoms with Crippen LogP contribution in [0.15, 0.2) is 46.6 Å². The molecule has 0 aromatic carbocycles. The van der Waals surface area contributed by atoms with Gasteiger partial charge in [-0.25, -0.2) is 0 Å². The Bertz CT molecular complexity index is 434. The molecule has 0 N–H and O–H groups in total. The molecule has 0 saturated heterocycles. The van der Waals surface area contributed by atoms with E-state index in [4.69, 9.17) is 0 Å². The Balaban J connectivity index is 2.20. The summed E-state index contributed by atoms with van der Waals surface area (Å²) in [6, 6.07) is 0. The summed E-state index contributed by atoms with van der Waals surface area (Å²) in [6.07, 6.45) is 9.68. The number of hydrogen-bond donors (Lipinski definition) is 0. The van der Waals surface area contributed by atoms with Crippen molar-refractivity contribution in [2.75, 3.05) is 0 Å². The van der Waals surface area contributed by atoms with Crippen molar-refractivity contribution >= 4 is 0 Å². The van der Waals surface area contributed by atoms with Crippen molar-refractivity contribution in [3.05, 3.63) is 46.6 Å². The Morgan fingerprint density at radius 3 is 2.31 bits per heavy atom. The molecule has 0 spiro atoms. The molecule has 2 aliphatic rings. The van der Waals surface area contributed by atoms with E-state index in [0.717, 1.165) is 3.63 Å². The molecule has 16 heavy (non-hydrogen) atoms. The van der Waals surface area contributed by atoms with Crippen LogP contribution in [-0.4, -0.2) is 0 Å². The molecule has 1 heteroatoms. The predicted octanol–water partition coefficient (Wildman–Crippen LogP) is 4.85. The van der Waals surface area contributed by atoms with Gasteiger partial charge >= 0.3 is 111 Å². The fourth-order valence-electron chi connectivity index (χ4n) is 2.57. The second-order valence-corrected chi connectivity index (χ2v) is 10.1. The molecule has 0 amide bonds. The van der Waals surface area contributed by atoms with Gasteiger partial charge in [0.1, 0.15) is 0 Å². The maximum atomic E-state index is 2.53. The molecular formula is C15H20Zr. The Hall–Kier alpha value is -0.157. The third-order valence-electron chi connectivity index (χ3n) is 3.91. The van der Waals surface area contributed by atoms with Crippen LogP contribution in [0.5, 0.6) is 0 Å². The summed E-state index contributed by atoms with van der Waals surface area (Å²) in [4.78, 5) is 0. The molecule has 2 rings (SSSR count). The minimum atomic E-state index is -0.482. The molecule has 0 aliphatic heterocycles. The summed E-state index contributed by atoms with van der Waals surface area (Å²) < 4.78 is 1.23. The molecule has 2 unspecified atom stereocenters. The van der Waals surface area contributed by atoms with Crippen LogP contribution in [-0.2, 0) is 23.2 Å². The van der Waals surface area contributed by atoms with Gasteiger partial charge in [0, 0.05) is 0 Å². The molecule has 0 aromatic heterocycles. The monoisotopic (exact) mass is 290 g/mol. The fourth-order valence-corrected chi connectivity index (χ4v) is 7.33. The van der Waals surface area contributed by atoms with Crippen molar-refractivity contribution in [2.45, 2.75) is 41.4 Å². The zero-order valence-electron chi connectivity index (χ0n) is 10.9. The summed E-state index contributed by atoms with van der Waals surface area (Å²) in [5.74, 6) is 0. The van der Waals surface area contributed by atoms with Gasteiger partial charge in [-0.05, 0) is 0 Å². The third kappa shape index (κ3) is 2.12. The van der Waals surface area contributed by atoms with Gasteiger partial charge in [-0.3, -0.25) is 0 Å². The van der Waals surface area contributed by atoms with E-state index in [2.05, 4.69) is 58.9 Å². The van der Waals surface area contributed by atoms with Crippen LogP contribution in [0, 0.1) is 0 Å². The molecule has 2 aliphatic carbocycles. The molecule has 2 atom stereocenters. The number of allylic oxidation sites excluding steroid dienone is 8. The number of rotatable bonds is 2. The van der Waals surface area contributed by atoms with Gasteiger partial charge in [0.15, 0.2) is 0 Å². The summed E-state index contributed by atoms with van der Waals surface area (Å²) in [7, 11) is 0. The summed E-state index contributed by atoms with van der Waals surface area (Å²) in [6.45, 7) is 11.5. The SMILES string of the molecule is CC1=C[CH]([Zr][C]2(C)C=C(C)C(C)=C2C)C=C1.